The van der Waals surface area contributed by atoms with Gasteiger partial charge in [0.1, 0.15) is 5.65 Å². The summed E-state index contributed by atoms with van der Waals surface area (Å²) in [6.45, 7) is 6.62. The molecule has 0 amide bonds. The van der Waals surface area contributed by atoms with Crippen LogP contribution < -0.4 is 0 Å². The van der Waals surface area contributed by atoms with E-state index in [0.717, 1.165) is 5.65 Å². The van der Waals surface area contributed by atoms with E-state index < -0.39 is 0 Å². The van der Waals surface area contributed by atoms with Crippen molar-refractivity contribution in [1.82, 2.24) is 9.38 Å². The molecule has 6 aromatic carbocycles. The molecule has 45 heavy (non-hydrogen) atoms. The van der Waals surface area contributed by atoms with Gasteiger partial charge in [0.05, 0.1) is 5.52 Å². The molecule has 214 valence electrons. The summed E-state index contributed by atoms with van der Waals surface area (Å²) in [5, 5.41) is 6.29. The Morgan fingerprint density at radius 2 is 1.29 bits per heavy atom. The molecule has 0 N–H and O–H groups in total. The van der Waals surface area contributed by atoms with E-state index in [2.05, 4.69) is 147 Å². The summed E-state index contributed by atoms with van der Waals surface area (Å²) in [6, 6.07) is 42.8. The molecule has 2 nitrogen and oxygen atoms in total. The zero-order valence-corrected chi connectivity index (χ0v) is 26.2. The predicted octanol–water partition coefficient (Wildman–Crippen LogP) is 11.9. The van der Waals surface area contributed by atoms with Crippen molar-refractivity contribution in [2.24, 2.45) is 0 Å². The number of thiophene rings is 1. The van der Waals surface area contributed by atoms with Crippen LogP contribution >= 0.6 is 11.3 Å². The first-order chi connectivity index (χ1) is 22.0. The Bertz CT molecular complexity index is 2610. The molecule has 0 atom stereocenters. The molecule has 9 rings (SSSR count). The number of rotatable bonds is 3. The van der Waals surface area contributed by atoms with E-state index in [0.29, 0.717) is 0 Å². The smallest absolute Gasteiger partial charge is 0.145 e. The number of pyridine rings is 1. The Morgan fingerprint density at radius 3 is 2.18 bits per heavy atom. The maximum atomic E-state index is 4.78. The number of nitrogens with zero attached hydrogens (tertiary/aromatic N) is 2. The third kappa shape index (κ3) is 4.04. The first-order valence-electron chi connectivity index (χ1n) is 15.5. The van der Waals surface area contributed by atoms with Gasteiger partial charge in [0.15, 0.2) is 0 Å². The van der Waals surface area contributed by atoms with Crippen molar-refractivity contribution >= 4 is 58.8 Å². The Morgan fingerprint density at radius 1 is 0.556 bits per heavy atom. The third-order valence-corrected chi connectivity index (χ3v) is 10.5. The van der Waals surface area contributed by atoms with E-state index >= 15 is 0 Å². The van der Waals surface area contributed by atoms with Crippen molar-refractivity contribution in [2.75, 3.05) is 0 Å². The fraction of sp³-hybridized carbons (Fsp3) is 0.0714. The van der Waals surface area contributed by atoms with Crippen molar-refractivity contribution in [3.63, 3.8) is 0 Å². The lowest BCUT2D eigenvalue weighted by atomic mass is 9.91. The molecule has 3 heteroatoms. The Balaban J connectivity index is 1.25. The highest BCUT2D eigenvalue weighted by Gasteiger charge is 2.15. The summed E-state index contributed by atoms with van der Waals surface area (Å²) >= 11 is 1.88. The van der Waals surface area contributed by atoms with Gasteiger partial charge in [-0.25, -0.2) is 4.98 Å². The average Bonchev–Trinajstić information content (AvgIpc) is 3.70. The van der Waals surface area contributed by atoms with Gasteiger partial charge in [0.2, 0.25) is 0 Å². The average molecular weight is 595 g/mol. The molecule has 0 saturated heterocycles. The van der Waals surface area contributed by atoms with Crippen LogP contribution in [0.25, 0.3) is 80.9 Å². The van der Waals surface area contributed by atoms with Gasteiger partial charge in [0.25, 0.3) is 0 Å². The van der Waals surface area contributed by atoms with Crippen molar-refractivity contribution in [1.29, 1.82) is 0 Å². The molecule has 0 unspecified atom stereocenters. The highest BCUT2D eigenvalue weighted by Crippen LogP contribution is 2.41. The molecule has 0 saturated carbocycles. The van der Waals surface area contributed by atoms with Crippen LogP contribution in [0, 0.1) is 20.8 Å². The molecular weight excluding hydrogens is 565 g/mol. The Labute approximate surface area is 265 Å². The maximum Gasteiger partial charge on any atom is 0.145 e. The van der Waals surface area contributed by atoms with Gasteiger partial charge in [0, 0.05) is 43.3 Å². The molecule has 0 aliphatic carbocycles. The number of benzene rings is 6. The van der Waals surface area contributed by atoms with Crippen LogP contribution in [0.5, 0.6) is 0 Å². The van der Waals surface area contributed by atoms with E-state index in [-0.39, 0.29) is 0 Å². The fourth-order valence-electron chi connectivity index (χ4n) is 7.43. The molecule has 0 bridgehead atoms. The van der Waals surface area contributed by atoms with Gasteiger partial charge >= 0.3 is 0 Å². The van der Waals surface area contributed by atoms with Crippen molar-refractivity contribution < 1.29 is 0 Å². The fourth-order valence-corrected chi connectivity index (χ4v) is 8.67. The summed E-state index contributed by atoms with van der Waals surface area (Å²) in [7, 11) is 0. The maximum absolute atomic E-state index is 4.78. The number of aromatic nitrogens is 2. The second-order valence-corrected chi connectivity index (χ2v) is 13.3. The van der Waals surface area contributed by atoms with Gasteiger partial charge < -0.3 is 0 Å². The van der Waals surface area contributed by atoms with E-state index in [4.69, 9.17) is 4.98 Å². The van der Waals surface area contributed by atoms with Gasteiger partial charge in [-0.3, -0.25) is 4.40 Å². The van der Waals surface area contributed by atoms with E-state index in [1.807, 2.05) is 17.5 Å². The zero-order chi connectivity index (χ0) is 30.2. The van der Waals surface area contributed by atoms with Crippen molar-refractivity contribution in [2.45, 2.75) is 20.8 Å². The predicted molar refractivity (Wildman–Crippen MR) is 194 cm³/mol. The number of hydrogen-bond donors (Lipinski definition) is 0. The summed E-state index contributed by atoms with van der Waals surface area (Å²) in [6.07, 6.45) is 3.98. The molecule has 0 aliphatic heterocycles. The highest BCUT2D eigenvalue weighted by atomic mass is 32.1. The van der Waals surface area contributed by atoms with Crippen LogP contribution in [-0.2, 0) is 0 Å². The van der Waals surface area contributed by atoms with Crippen molar-refractivity contribution in [3.8, 4) is 33.4 Å². The summed E-state index contributed by atoms with van der Waals surface area (Å²) < 4.78 is 4.90. The van der Waals surface area contributed by atoms with Crippen LogP contribution in [-0.4, -0.2) is 9.38 Å². The molecule has 0 spiro atoms. The Hall–Kier alpha value is -5.25. The number of hydrogen-bond acceptors (Lipinski definition) is 2. The normalized spacial score (nSPS) is 11.9. The van der Waals surface area contributed by atoms with Crippen LogP contribution in [0.15, 0.2) is 128 Å². The summed E-state index contributed by atoms with van der Waals surface area (Å²) in [4.78, 5) is 4.78. The van der Waals surface area contributed by atoms with Crippen LogP contribution in [0.2, 0.25) is 0 Å². The minimum atomic E-state index is 0.993. The second-order valence-electron chi connectivity index (χ2n) is 12.2. The molecule has 0 aliphatic rings. The zero-order valence-electron chi connectivity index (χ0n) is 25.4. The molecule has 9 aromatic rings. The Kier molecular flexibility index (Phi) is 5.75. The van der Waals surface area contributed by atoms with Crippen LogP contribution in [0.1, 0.15) is 16.7 Å². The monoisotopic (exact) mass is 594 g/mol. The van der Waals surface area contributed by atoms with Crippen molar-refractivity contribution in [3.05, 3.63) is 144 Å². The summed E-state index contributed by atoms with van der Waals surface area (Å²) in [5.74, 6) is 0. The molecular formula is C42H30N2S. The van der Waals surface area contributed by atoms with Gasteiger partial charge in [-0.1, -0.05) is 84.4 Å². The SMILES string of the molecule is Cc1cc(C)c(-c2ccc3c(c2)c2cc(-c4cccc(-c5cccc6c5sc5ccccc56)c4)ccc2n2ccnc32)c(C)c1. The van der Waals surface area contributed by atoms with Crippen LogP contribution in [0.4, 0.5) is 0 Å². The number of imidazole rings is 1. The van der Waals surface area contributed by atoms with E-state index in [9.17, 15) is 0 Å². The largest absolute Gasteiger partial charge is 0.299 e. The van der Waals surface area contributed by atoms with Gasteiger partial charge in [-0.15, -0.1) is 11.3 Å². The molecule has 3 aromatic heterocycles. The molecule has 0 radical (unpaired) electrons. The van der Waals surface area contributed by atoms with E-state index in [1.165, 1.54) is 91.9 Å². The second kappa shape index (κ2) is 9.88. The lowest BCUT2D eigenvalue weighted by molar-refractivity contribution is 1.27. The standard InChI is InChI=1S/C42H30N2S/c1-25-20-26(2)40(27(3)21-25)31-14-16-35-36(24-31)37-23-29(15-17-38(37)44-19-18-43-42(35)44)28-8-6-9-30(22-28)32-11-7-12-34-33-10-4-5-13-39(33)45-41(32)34/h4-24H,1-3H3. The topological polar surface area (TPSA) is 17.3 Å². The quantitative estimate of drug-likeness (QED) is 0.186. The molecule has 3 heterocycles. The highest BCUT2D eigenvalue weighted by molar-refractivity contribution is 7.26. The van der Waals surface area contributed by atoms with E-state index in [1.54, 1.807) is 0 Å². The lowest BCUT2D eigenvalue weighted by Gasteiger charge is -2.15. The number of aryl methyl sites for hydroxylation is 3. The first-order valence-corrected chi connectivity index (χ1v) is 16.3. The summed E-state index contributed by atoms with van der Waals surface area (Å²) in [5.41, 5.74) is 13.6. The molecule has 0 fully saturated rings. The minimum absolute atomic E-state index is 0.993. The lowest BCUT2D eigenvalue weighted by Crippen LogP contribution is -1.94. The van der Waals surface area contributed by atoms with Crippen LogP contribution in [0.3, 0.4) is 0 Å². The first kappa shape index (κ1) is 26.2. The third-order valence-electron chi connectivity index (χ3n) is 9.32. The minimum Gasteiger partial charge on any atom is -0.299 e. The van der Waals surface area contributed by atoms with Gasteiger partial charge in [-0.2, -0.15) is 0 Å². The van der Waals surface area contributed by atoms with Gasteiger partial charge in [-0.05, 0) is 107 Å². The number of fused-ring (bicyclic) bond motifs is 9.